The molecule has 1 aliphatic rings. The minimum atomic E-state index is -0.371. The van der Waals surface area contributed by atoms with Crippen LogP contribution in [-0.4, -0.2) is 18.5 Å². The molecular weight excluding hydrogens is 480 g/mol. The Hall–Kier alpha value is -3.61. The van der Waals surface area contributed by atoms with E-state index in [2.05, 4.69) is 16.7 Å². The zero-order valence-corrected chi connectivity index (χ0v) is 20.5. The summed E-state index contributed by atoms with van der Waals surface area (Å²) in [5.41, 5.74) is 2.28. The molecular formula is C28H23ClN2O3S. The molecule has 0 radical (unpaired) electrons. The largest absolute Gasteiger partial charge is 0.495 e. The number of amides is 1. The van der Waals surface area contributed by atoms with Crippen molar-refractivity contribution < 1.29 is 14.3 Å². The van der Waals surface area contributed by atoms with Crippen LogP contribution in [0.3, 0.4) is 0 Å². The molecule has 5 rings (SSSR count). The molecule has 1 aliphatic heterocycles. The van der Waals surface area contributed by atoms with Gasteiger partial charge in [0.25, 0.3) is 5.91 Å². The van der Waals surface area contributed by atoms with Gasteiger partial charge in [0.2, 0.25) is 0 Å². The van der Waals surface area contributed by atoms with Crippen molar-refractivity contribution in [1.82, 2.24) is 5.32 Å². The van der Waals surface area contributed by atoms with Gasteiger partial charge >= 0.3 is 0 Å². The molecule has 1 saturated heterocycles. The number of benzene rings is 4. The van der Waals surface area contributed by atoms with Crippen LogP contribution in [0.15, 0.2) is 89.8 Å². The quantitative estimate of drug-likeness (QED) is 0.276. The lowest BCUT2D eigenvalue weighted by Gasteiger charge is -2.16. The number of fused-ring (bicyclic) bond motifs is 1. The van der Waals surface area contributed by atoms with E-state index >= 15 is 0 Å². The maximum absolute atomic E-state index is 12.9. The molecule has 176 valence electrons. The van der Waals surface area contributed by atoms with Gasteiger partial charge in [0.1, 0.15) is 18.1 Å². The van der Waals surface area contributed by atoms with Crippen LogP contribution in [0.25, 0.3) is 16.8 Å². The summed E-state index contributed by atoms with van der Waals surface area (Å²) in [4.78, 5) is 13.5. The first-order valence-electron chi connectivity index (χ1n) is 11.1. The zero-order chi connectivity index (χ0) is 24.2. The number of carbonyl (C=O) groups excluding carboxylic acids is 1. The molecule has 1 fully saturated rings. The van der Waals surface area contributed by atoms with Crippen molar-refractivity contribution in [2.24, 2.45) is 0 Å². The van der Waals surface area contributed by atoms with E-state index < -0.39 is 0 Å². The van der Waals surface area contributed by atoms with Gasteiger partial charge in [-0.15, -0.1) is 0 Å². The van der Waals surface area contributed by atoms with E-state index in [-0.39, 0.29) is 11.4 Å². The molecule has 4 aromatic carbocycles. The fourth-order valence-electron chi connectivity index (χ4n) is 3.92. The number of thioether (sulfide) groups is 1. The lowest BCUT2D eigenvalue weighted by molar-refractivity contribution is -0.116. The Bertz CT molecular complexity index is 1410. The van der Waals surface area contributed by atoms with E-state index in [1.54, 1.807) is 25.3 Å². The number of halogens is 1. The van der Waals surface area contributed by atoms with Gasteiger partial charge < -0.3 is 20.1 Å². The van der Waals surface area contributed by atoms with Gasteiger partial charge in [-0.1, -0.05) is 84.0 Å². The zero-order valence-electron chi connectivity index (χ0n) is 19.0. The smallest absolute Gasteiger partial charge is 0.260 e. The molecule has 7 heteroatoms. The standard InChI is InChI=1S/C28H23ClN2O3S/c1-33-25-14-12-20(29)15-23(25)30-28-31-27(32)26(35-28)16-22-21-10-6-5-9-19(21)11-13-24(22)34-17-18-7-3-2-4-8-18/h2-16,28,30H,17H2,1H3,(H,31,32)/b26-16-. The number of methoxy groups -OCH3 is 1. The first kappa shape index (κ1) is 23.1. The average molecular weight is 503 g/mol. The molecule has 2 N–H and O–H groups in total. The maximum Gasteiger partial charge on any atom is 0.260 e. The van der Waals surface area contributed by atoms with Crippen molar-refractivity contribution in [2.45, 2.75) is 12.1 Å². The monoisotopic (exact) mass is 502 g/mol. The summed E-state index contributed by atoms with van der Waals surface area (Å²) in [7, 11) is 1.59. The van der Waals surface area contributed by atoms with Gasteiger partial charge in [0, 0.05) is 10.6 Å². The van der Waals surface area contributed by atoms with Crippen molar-refractivity contribution in [2.75, 3.05) is 12.4 Å². The van der Waals surface area contributed by atoms with Crippen LogP contribution < -0.4 is 20.1 Å². The number of ether oxygens (including phenoxy) is 2. The third-order valence-electron chi connectivity index (χ3n) is 5.62. The van der Waals surface area contributed by atoms with Crippen LogP contribution in [0.5, 0.6) is 11.5 Å². The second kappa shape index (κ2) is 10.3. The van der Waals surface area contributed by atoms with E-state index in [1.807, 2.05) is 66.7 Å². The van der Waals surface area contributed by atoms with Gasteiger partial charge in [-0.25, -0.2) is 0 Å². The molecule has 1 atom stereocenters. The molecule has 0 saturated carbocycles. The van der Waals surface area contributed by atoms with E-state index in [4.69, 9.17) is 21.1 Å². The van der Waals surface area contributed by atoms with E-state index in [0.717, 1.165) is 27.6 Å². The highest BCUT2D eigenvalue weighted by atomic mass is 35.5. The molecule has 1 amide bonds. The SMILES string of the molecule is COc1ccc(Cl)cc1NC1NC(=O)/C(=C/c2c(OCc3ccccc3)ccc3ccccc23)S1. The predicted molar refractivity (Wildman–Crippen MR) is 144 cm³/mol. The van der Waals surface area contributed by atoms with E-state index in [1.165, 1.54) is 11.8 Å². The van der Waals surface area contributed by atoms with Gasteiger partial charge in [-0.2, -0.15) is 0 Å². The number of hydrogen-bond donors (Lipinski definition) is 2. The molecule has 35 heavy (non-hydrogen) atoms. The second-order valence-corrected chi connectivity index (χ2v) is 9.53. The highest BCUT2D eigenvalue weighted by Gasteiger charge is 2.28. The van der Waals surface area contributed by atoms with Crippen LogP contribution >= 0.6 is 23.4 Å². The van der Waals surface area contributed by atoms with E-state index in [9.17, 15) is 4.79 Å². The molecule has 0 bridgehead atoms. The average Bonchev–Trinajstić information content (AvgIpc) is 3.22. The van der Waals surface area contributed by atoms with Gasteiger partial charge in [0.15, 0.2) is 5.50 Å². The second-order valence-electron chi connectivity index (χ2n) is 7.94. The van der Waals surface area contributed by atoms with Crippen LogP contribution in [0.1, 0.15) is 11.1 Å². The molecule has 4 aromatic rings. The summed E-state index contributed by atoms with van der Waals surface area (Å²) in [6.45, 7) is 0.438. The third kappa shape index (κ3) is 5.24. The summed E-state index contributed by atoms with van der Waals surface area (Å²) < 4.78 is 11.6. The Morgan fingerprint density at radius 2 is 1.77 bits per heavy atom. The molecule has 5 nitrogen and oxygen atoms in total. The summed E-state index contributed by atoms with van der Waals surface area (Å²) in [6.07, 6.45) is 1.90. The summed E-state index contributed by atoms with van der Waals surface area (Å²) in [5.74, 6) is 1.21. The lowest BCUT2D eigenvalue weighted by Crippen LogP contribution is -2.31. The van der Waals surface area contributed by atoms with Crippen molar-refractivity contribution in [1.29, 1.82) is 0 Å². The summed E-state index contributed by atoms with van der Waals surface area (Å²) >= 11 is 7.56. The van der Waals surface area contributed by atoms with Crippen molar-refractivity contribution in [3.63, 3.8) is 0 Å². The molecule has 0 aliphatic carbocycles. The molecule has 0 aromatic heterocycles. The number of hydrogen-bond acceptors (Lipinski definition) is 5. The Balaban J connectivity index is 1.44. The Kier molecular flexibility index (Phi) is 6.84. The number of anilines is 1. The Morgan fingerprint density at radius 3 is 2.60 bits per heavy atom. The number of nitrogens with one attached hydrogen (secondary N) is 2. The summed E-state index contributed by atoms with van der Waals surface area (Å²) in [5, 5.41) is 8.94. The fraction of sp³-hybridized carbons (Fsp3) is 0.107. The van der Waals surface area contributed by atoms with Crippen molar-refractivity contribution >= 4 is 51.8 Å². The van der Waals surface area contributed by atoms with Crippen LogP contribution in [-0.2, 0) is 11.4 Å². The lowest BCUT2D eigenvalue weighted by atomic mass is 10.0. The number of carbonyl (C=O) groups is 1. The van der Waals surface area contributed by atoms with Gasteiger partial charge in [0.05, 0.1) is 17.7 Å². The molecule has 1 unspecified atom stereocenters. The van der Waals surface area contributed by atoms with Crippen LogP contribution in [0.2, 0.25) is 5.02 Å². The number of rotatable bonds is 7. The van der Waals surface area contributed by atoms with Crippen LogP contribution in [0.4, 0.5) is 5.69 Å². The Labute approximate surface area is 213 Å². The minimum Gasteiger partial charge on any atom is -0.495 e. The van der Waals surface area contributed by atoms with E-state index in [0.29, 0.717) is 28.0 Å². The normalized spacial score (nSPS) is 16.3. The topological polar surface area (TPSA) is 59.6 Å². The fourth-order valence-corrected chi connectivity index (χ4v) is 5.05. The minimum absolute atomic E-state index is 0.157. The third-order valence-corrected chi connectivity index (χ3v) is 6.89. The van der Waals surface area contributed by atoms with Crippen molar-refractivity contribution in [3.8, 4) is 11.5 Å². The van der Waals surface area contributed by atoms with Gasteiger partial charge in [-0.05, 0) is 46.7 Å². The highest BCUT2D eigenvalue weighted by molar-refractivity contribution is 8.05. The summed E-state index contributed by atoms with van der Waals surface area (Å²) in [6, 6.07) is 27.4. The first-order valence-corrected chi connectivity index (χ1v) is 12.3. The Morgan fingerprint density at radius 1 is 1.00 bits per heavy atom. The predicted octanol–water partition coefficient (Wildman–Crippen LogP) is 6.68. The molecule has 1 heterocycles. The molecule has 0 spiro atoms. The first-order chi connectivity index (χ1) is 17.1. The maximum atomic E-state index is 12.9. The van der Waals surface area contributed by atoms with Crippen LogP contribution in [0, 0.1) is 0 Å². The van der Waals surface area contributed by atoms with Gasteiger partial charge in [-0.3, -0.25) is 4.79 Å². The highest BCUT2D eigenvalue weighted by Crippen LogP contribution is 2.37. The van der Waals surface area contributed by atoms with Crippen molar-refractivity contribution in [3.05, 3.63) is 106 Å².